The maximum atomic E-state index is 15.0. The molecule has 0 aliphatic carbocycles. The molecule has 284 valence electrons. The number of carbonyl (C=O) groups is 3. The fourth-order valence-electron chi connectivity index (χ4n) is 6.20. The number of anilines is 2. The number of hydrogen-bond donors (Lipinski definition) is 1. The molecule has 54 heavy (non-hydrogen) atoms. The number of amides is 2. The standard InChI is InChI=1S/C40H44FN5O6S2/c1-40(2,3)52-39(49)45(4)21-10-14-26-13-9-16-29(41)34(26)51-23-11-19-32-33(36(48)50-5)43-38(54-32)46-22-20-25-12-8-15-27(28(25)24-46)35(47)44-37-42-30-17-6-7-18-31(30)53-37/h6-9,12-13,15-18H,10-11,14,19-24H2,1-5H3,(H,42,44,47). The van der Waals surface area contributed by atoms with E-state index in [9.17, 15) is 18.8 Å². The fourth-order valence-corrected chi connectivity index (χ4v) is 8.18. The molecule has 1 aliphatic rings. The van der Waals surface area contributed by atoms with Crippen molar-refractivity contribution < 1.29 is 33.0 Å². The second kappa shape index (κ2) is 16.9. The van der Waals surface area contributed by atoms with E-state index < -0.39 is 23.5 Å². The molecule has 0 fully saturated rings. The van der Waals surface area contributed by atoms with E-state index in [1.54, 1.807) is 13.1 Å². The summed E-state index contributed by atoms with van der Waals surface area (Å²) in [6.07, 6.45) is 2.37. The summed E-state index contributed by atoms with van der Waals surface area (Å²) in [5, 5.41) is 4.18. The second-order valence-corrected chi connectivity index (χ2v) is 16.1. The van der Waals surface area contributed by atoms with Gasteiger partial charge in [-0.05, 0) is 93.8 Å². The quantitative estimate of drug-likeness (QED) is 0.0930. The number of rotatable bonds is 13. The molecule has 5 aromatic rings. The van der Waals surface area contributed by atoms with Crippen molar-refractivity contribution in [3.05, 3.63) is 99.3 Å². The van der Waals surface area contributed by atoms with Gasteiger partial charge in [-0.25, -0.2) is 23.9 Å². The number of thiazole rings is 2. The number of halogens is 1. The van der Waals surface area contributed by atoms with Crippen molar-refractivity contribution in [3.63, 3.8) is 0 Å². The largest absolute Gasteiger partial charge is 0.490 e. The van der Waals surface area contributed by atoms with Gasteiger partial charge < -0.3 is 24.0 Å². The van der Waals surface area contributed by atoms with Gasteiger partial charge in [0.25, 0.3) is 5.91 Å². The summed E-state index contributed by atoms with van der Waals surface area (Å²) in [4.78, 5) is 52.3. The monoisotopic (exact) mass is 773 g/mol. The summed E-state index contributed by atoms with van der Waals surface area (Å²) in [6, 6.07) is 18.3. The van der Waals surface area contributed by atoms with E-state index in [-0.39, 0.29) is 24.0 Å². The molecular weight excluding hydrogens is 730 g/mol. The molecule has 3 aromatic carbocycles. The van der Waals surface area contributed by atoms with Crippen molar-refractivity contribution in [2.45, 2.75) is 65.0 Å². The molecule has 0 saturated carbocycles. The van der Waals surface area contributed by atoms with Gasteiger partial charge in [0, 0.05) is 37.1 Å². The Bertz CT molecular complexity index is 2110. The summed E-state index contributed by atoms with van der Waals surface area (Å²) in [6.45, 7) is 7.21. The number of nitrogens with one attached hydrogen (secondary N) is 1. The van der Waals surface area contributed by atoms with Crippen LogP contribution in [0.3, 0.4) is 0 Å². The first kappa shape index (κ1) is 38.6. The summed E-state index contributed by atoms with van der Waals surface area (Å²) >= 11 is 2.84. The highest BCUT2D eigenvalue weighted by atomic mass is 32.1. The lowest BCUT2D eigenvalue weighted by Gasteiger charge is -2.29. The topological polar surface area (TPSA) is 123 Å². The van der Waals surface area contributed by atoms with E-state index >= 15 is 0 Å². The molecule has 0 bridgehead atoms. The van der Waals surface area contributed by atoms with Gasteiger partial charge in [0.05, 0.1) is 23.9 Å². The van der Waals surface area contributed by atoms with Gasteiger partial charge in [0.15, 0.2) is 27.5 Å². The first-order valence-corrected chi connectivity index (χ1v) is 19.5. The molecule has 2 aromatic heterocycles. The number of para-hydroxylation sites is 2. The number of nitrogens with zero attached hydrogens (tertiary/aromatic N) is 4. The van der Waals surface area contributed by atoms with Gasteiger partial charge >= 0.3 is 12.1 Å². The Balaban J connectivity index is 1.09. The zero-order valence-corrected chi connectivity index (χ0v) is 32.7. The van der Waals surface area contributed by atoms with Crippen LogP contribution in [0.1, 0.15) is 76.0 Å². The molecule has 0 unspecified atom stereocenters. The lowest BCUT2D eigenvalue weighted by molar-refractivity contribution is 0.0296. The average molecular weight is 774 g/mol. The van der Waals surface area contributed by atoms with E-state index in [2.05, 4.69) is 15.2 Å². The van der Waals surface area contributed by atoms with Gasteiger partial charge in [-0.1, -0.05) is 47.7 Å². The van der Waals surface area contributed by atoms with Crippen molar-refractivity contribution >= 4 is 61.1 Å². The first-order chi connectivity index (χ1) is 25.9. The Morgan fingerprint density at radius 3 is 2.56 bits per heavy atom. The second-order valence-electron chi connectivity index (χ2n) is 14.0. The number of carbonyl (C=O) groups excluding carboxylic acids is 3. The summed E-state index contributed by atoms with van der Waals surface area (Å²) < 4.78 is 32.4. The number of benzene rings is 3. The maximum Gasteiger partial charge on any atom is 0.410 e. The van der Waals surface area contributed by atoms with Gasteiger partial charge in [0.2, 0.25) is 0 Å². The van der Waals surface area contributed by atoms with Crippen LogP contribution < -0.4 is 15.0 Å². The molecule has 0 atom stereocenters. The minimum absolute atomic E-state index is 0.186. The molecule has 1 aliphatic heterocycles. The van der Waals surface area contributed by atoms with Crippen molar-refractivity contribution in [1.29, 1.82) is 0 Å². The third-order valence-electron chi connectivity index (χ3n) is 8.86. The smallest absolute Gasteiger partial charge is 0.410 e. The Morgan fingerprint density at radius 1 is 0.981 bits per heavy atom. The third kappa shape index (κ3) is 9.34. The van der Waals surface area contributed by atoms with E-state index in [0.29, 0.717) is 73.1 Å². The molecule has 11 nitrogen and oxygen atoms in total. The van der Waals surface area contributed by atoms with Crippen LogP contribution in [0, 0.1) is 5.82 Å². The fraction of sp³-hybridized carbons (Fsp3) is 0.375. The van der Waals surface area contributed by atoms with Gasteiger partial charge in [0.1, 0.15) is 5.60 Å². The van der Waals surface area contributed by atoms with Crippen LogP contribution >= 0.6 is 22.7 Å². The Kier molecular flexibility index (Phi) is 12.1. The van der Waals surface area contributed by atoms with Crippen LogP contribution in [0.2, 0.25) is 0 Å². The van der Waals surface area contributed by atoms with Crippen molar-refractivity contribution in [3.8, 4) is 5.75 Å². The number of aromatic nitrogens is 2. The van der Waals surface area contributed by atoms with E-state index in [4.69, 9.17) is 19.2 Å². The van der Waals surface area contributed by atoms with Crippen LogP contribution in [0.5, 0.6) is 5.75 Å². The van der Waals surface area contributed by atoms with Crippen LogP contribution in [0.25, 0.3) is 10.2 Å². The lowest BCUT2D eigenvalue weighted by atomic mass is 9.94. The highest BCUT2D eigenvalue weighted by molar-refractivity contribution is 7.22. The maximum absolute atomic E-state index is 15.0. The molecule has 6 rings (SSSR count). The van der Waals surface area contributed by atoms with E-state index in [1.807, 2.05) is 69.3 Å². The number of ether oxygens (including phenoxy) is 3. The Labute approximate surface area is 322 Å². The molecule has 0 saturated heterocycles. The van der Waals surface area contributed by atoms with Gasteiger partial charge in [-0.2, -0.15) is 0 Å². The first-order valence-electron chi connectivity index (χ1n) is 17.8. The summed E-state index contributed by atoms with van der Waals surface area (Å²) in [5.74, 6) is -1.03. The van der Waals surface area contributed by atoms with Gasteiger partial charge in [-0.15, -0.1) is 11.3 Å². The normalized spacial score (nSPS) is 12.7. The Morgan fingerprint density at radius 2 is 1.78 bits per heavy atom. The number of hydrogen-bond acceptors (Lipinski definition) is 11. The minimum Gasteiger partial charge on any atom is -0.490 e. The van der Waals surface area contributed by atoms with Crippen LogP contribution in [0.15, 0.2) is 60.7 Å². The molecule has 1 N–H and O–H groups in total. The number of esters is 1. The number of aryl methyl sites for hydroxylation is 2. The minimum atomic E-state index is -0.587. The SMILES string of the molecule is COC(=O)c1nc(N2CCc3cccc(C(=O)Nc4nc5ccccc5s4)c3C2)sc1CCCOc1c(F)cccc1CCCN(C)C(=O)OC(C)(C)C. The summed E-state index contributed by atoms with van der Waals surface area (Å²) in [5.41, 5.74) is 3.77. The van der Waals surface area contributed by atoms with Crippen LogP contribution in [-0.4, -0.2) is 72.3 Å². The predicted octanol–water partition coefficient (Wildman–Crippen LogP) is 8.30. The van der Waals surface area contributed by atoms with Crippen molar-refractivity contribution in [2.24, 2.45) is 0 Å². The highest BCUT2D eigenvalue weighted by Crippen LogP contribution is 2.34. The lowest BCUT2D eigenvalue weighted by Crippen LogP contribution is -2.34. The van der Waals surface area contributed by atoms with Crippen LogP contribution in [-0.2, 0) is 35.3 Å². The van der Waals surface area contributed by atoms with Crippen molar-refractivity contribution in [2.75, 3.05) is 44.1 Å². The molecule has 0 radical (unpaired) electrons. The van der Waals surface area contributed by atoms with E-state index in [0.717, 1.165) is 26.2 Å². The van der Waals surface area contributed by atoms with Crippen molar-refractivity contribution in [1.82, 2.24) is 14.9 Å². The zero-order chi connectivity index (χ0) is 38.4. The summed E-state index contributed by atoms with van der Waals surface area (Å²) in [7, 11) is 3.00. The number of methoxy groups -OCH3 is 1. The molecule has 14 heteroatoms. The predicted molar refractivity (Wildman–Crippen MR) is 210 cm³/mol. The molecule has 0 spiro atoms. The molecule has 2 amide bonds. The average Bonchev–Trinajstić information content (AvgIpc) is 3.76. The Hall–Kier alpha value is -5.08. The van der Waals surface area contributed by atoms with E-state index in [1.165, 1.54) is 40.7 Å². The third-order valence-corrected chi connectivity index (χ3v) is 11.0. The number of fused-ring (bicyclic) bond motifs is 2. The molecular formula is C40H44FN5O6S2. The zero-order valence-electron chi connectivity index (χ0n) is 31.1. The van der Waals surface area contributed by atoms with Crippen LogP contribution in [0.4, 0.5) is 19.4 Å². The van der Waals surface area contributed by atoms with Gasteiger partial charge in [-0.3, -0.25) is 10.1 Å². The molecule has 3 heterocycles. The highest BCUT2D eigenvalue weighted by Gasteiger charge is 2.27.